The van der Waals surface area contributed by atoms with Gasteiger partial charge in [0.1, 0.15) is 5.78 Å². The summed E-state index contributed by atoms with van der Waals surface area (Å²) in [6.07, 6.45) is 10.1. The lowest BCUT2D eigenvalue weighted by Gasteiger charge is -2.52. The van der Waals surface area contributed by atoms with E-state index in [0.29, 0.717) is 17.6 Å². The molecule has 0 spiro atoms. The summed E-state index contributed by atoms with van der Waals surface area (Å²) in [6, 6.07) is 0.757. The summed E-state index contributed by atoms with van der Waals surface area (Å²) in [5, 5.41) is 10.3. The van der Waals surface area contributed by atoms with Gasteiger partial charge in [-0.05, 0) is 111 Å². The quantitative estimate of drug-likeness (QED) is 0.638. The van der Waals surface area contributed by atoms with Crippen LogP contribution in [0.3, 0.4) is 0 Å². The van der Waals surface area contributed by atoms with E-state index in [4.69, 9.17) is 0 Å². The zero-order chi connectivity index (χ0) is 22.1. The van der Waals surface area contributed by atoms with Gasteiger partial charge in [-0.2, -0.15) is 0 Å². The van der Waals surface area contributed by atoms with Crippen molar-refractivity contribution in [2.45, 2.75) is 97.6 Å². The van der Waals surface area contributed by atoms with Crippen LogP contribution in [0.2, 0.25) is 0 Å². The van der Waals surface area contributed by atoms with Gasteiger partial charge in [0.15, 0.2) is 0 Å². The Morgan fingerprint density at radius 3 is 2.55 bits per heavy atom. The second-order valence-electron chi connectivity index (χ2n) is 13.1. The van der Waals surface area contributed by atoms with Crippen molar-refractivity contribution < 1.29 is 9.90 Å². The Kier molecular flexibility index (Phi) is 5.86. The molecule has 3 heteroatoms. The van der Waals surface area contributed by atoms with Gasteiger partial charge in [-0.25, -0.2) is 0 Å². The molecule has 1 saturated heterocycles. The molecule has 4 aliphatic carbocycles. The van der Waals surface area contributed by atoms with Crippen LogP contribution < -0.4 is 0 Å². The summed E-state index contributed by atoms with van der Waals surface area (Å²) in [7, 11) is 2.36. The number of nitrogens with zero attached hydrogens (tertiary/aromatic N) is 1. The number of aliphatic hydroxyl groups is 1. The number of Topliss-reactive ketones (excluding diaryl/α,β-unsaturated/α-hetero) is 1. The number of hydrogen-bond donors (Lipinski definition) is 1. The molecule has 12 atom stereocenters. The largest absolute Gasteiger partial charge is 0.393 e. The second kappa shape index (κ2) is 8.12. The maximum atomic E-state index is 13.2. The van der Waals surface area contributed by atoms with E-state index in [1.54, 1.807) is 0 Å². The number of rotatable bonds is 2. The van der Waals surface area contributed by atoms with Crippen LogP contribution in [0.5, 0.6) is 0 Å². The van der Waals surface area contributed by atoms with Crippen LogP contribution in [-0.4, -0.2) is 41.5 Å². The second-order valence-corrected chi connectivity index (χ2v) is 13.1. The zero-order valence-corrected chi connectivity index (χ0v) is 20.7. The van der Waals surface area contributed by atoms with E-state index in [-0.39, 0.29) is 17.4 Å². The predicted molar refractivity (Wildman–Crippen MR) is 126 cm³/mol. The van der Waals surface area contributed by atoms with Crippen molar-refractivity contribution in [3.05, 3.63) is 0 Å². The molecule has 3 nitrogen and oxygen atoms in total. The van der Waals surface area contributed by atoms with Crippen molar-refractivity contribution in [1.82, 2.24) is 4.90 Å². The molecule has 4 saturated carbocycles. The number of carbonyl (C=O) groups is 1. The first kappa shape index (κ1) is 22.4. The maximum absolute atomic E-state index is 13.2. The van der Waals surface area contributed by atoms with Crippen LogP contribution in [0, 0.1) is 58.7 Å². The van der Waals surface area contributed by atoms with Gasteiger partial charge < -0.3 is 10.0 Å². The van der Waals surface area contributed by atoms with Crippen LogP contribution in [-0.2, 0) is 4.79 Å². The van der Waals surface area contributed by atoms with Crippen LogP contribution >= 0.6 is 0 Å². The third-order valence-corrected chi connectivity index (χ3v) is 11.7. The Balaban J connectivity index is 1.34. The number of carbonyl (C=O) groups excluding carboxylic acids is 1. The molecule has 5 fully saturated rings. The molecule has 0 aromatic heterocycles. The van der Waals surface area contributed by atoms with E-state index in [1.807, 2.05) is 0 Å². The van der Waals surface area contributed by atoms with E-state index in [1.165, 1.54) is 38.6 Å². The highest BCUT2D eigenvalue weighted by Crippen LogP contribution is 2.65. The lowest BCUT2D eigenvalue weighted by Crippen LogP contribution is -2.51. The molecule has 12 unspecified atom stereocenters. The Labute approximate surface area is 190 Å². The van der Waals surface area contributed by atoms with Crippen molar-refractivity contribution in [1.29, 1.82) is 0 Å². The summed E-state index contributed by atoms with van der Waals surface area (Å²) >= 11 is 0. The summed E-state index contributed by atoms with van der Waals surface area (Å²) in [6.45, 7) is 11.2. The topological polar surface area (TPSA) is 40.5 Å². The predicted octanol–water partition coefficient (Wildman–Crippen LogP) is 5.41. The Morgan fingerprint density at radius 1 is 1.03 bits per heavy atom. The first-order chi connectivity index (χ1) is 14.7. The molecule has 0 radical (unpaired) electrons. The zero-order valence-electron chi connectivity index (χ0n) is 20.7. The van der Waals surface area contributed by atoms with E-state index in [9.17, 15) is 9.90 Å². The fraction of sp³-hybridized carbons (Fsp3) is 0.964. The van der Waals surface area contributed by atoms with Gasteiger partial charge in [-0.15, -0.1) is 0 Å². The molecule has 0 bridgehead atoms. The van der Waals surface area contributed by atoms with Gasteiger partial charge in [-0.1, -0.05) is 27.7 Å². The molecular formula is C28H47NO2. The van der Waals surface area contributed by atoms with Gasteiger partial charge in [0.25, 0.3) is 0 Å². The fourth-order valence-electron chi connectivity index (χ4n) is 10.0. The van der Waals surface area contributed by atoms with Gasteiger partial charge in [0.05, 0.1) is 6.10 Å². The van der Waals surface area contributed by atoms with Crippen LogP contribution in [0.25, 0.3) is 0 Å². The molecule has 31 heavy (non-hydrogen) atoms. The van der Waals surface area contributed by atoms with Gasteiger partial charge in [-0.3, -0.25) is 4.79 Å². The number of aliphatic hydroxyl groups excluding tert-OH is 1. The minimum absolute atomic E-state index is 0.126. The van der Waals surface area contributed by atoms with Crippen LogP contribution in [0.4, 0.5) is 0 Å². The Bertz CT molecular complexity index is 692. The van der Waals surface area contributed by atoms with Crippen molar-refractivity contribution in [2.24, 2.45) is 58.7 Å². The molecule has 0 amide bonds. The number of piperidine rings is 1. The van der Waals surface area contributed by atoms with Crippen LogP contribution in [0.1, 0.15) is 85.5 Å². The highest BCUT2D eigenvalue weighted by molar-refractivity contribution is 5.83. The lowest BCUT2D eigenvalue weighted by atomic mass is 9.51. The highest BCUT2D eigenvalue weighted by atomic mass is 16.3. The van der Waals surface area contributed by atoms with Gasteiger partial charge in [0, 0.05) is 24.9 Å². The van der Waals surface area contributed by atoms with Gasteiger partial charge >= 0.3 is 0 Å². The third kappa shape index (κ3) is 3.56. The first-order valence-electron chi connectivity index (χ1n) is 13.6. The third-order valence-electron chi connectivity index (χ3n) is 11.7. The minimum atomic E-state index is -0.249. The fourth-order valence-corrected chi connectivity index (χ4v) is 10.0. The molecule has 1 aliphatic heterocycles. The summed E-state index contributed by atoms with van der Waals surface area (Å²) in [5.74, 6) is 6.82. The molecule has 5 rings (SSSR count). The van der Waals surface area contributed by atoms with Crippen molar-refractivity contribution in [2.75, 3.05) is 13.6 Å². The molecule has 5 aliphatic rings. The maximum Gasteiger partial charge on any atom is 0.136 e. The van der Waals surface area contributed by atoms with Crippen molar-refractivity contribution >= 4 is 5.78 Å². The van der Waals surface area contributed by atoms with E-state index >= 15 is 0 Å². The molecule has 176 valence electrons. The summed E-state index contributed by atoms with van der Waals surface area (Å²) in [4.78, 5) is 15.9. The molecular weight excluding hydrogens is 382 g/mol. The number of likely N-dealkylation sites (tertiary alicyclic amines) is 1. The average Bonchev–Trinajstić information content (AvgIpc) is 3.10. The molecule has 0 aromatic carbocycles. The van der Waals surface area contributed by atoms with Crippen LogP contribution in [0.15, 0.2) is 0 Å². The molecule has 1 heterocycles. The summed E-state index contributed by atoms with van der Waals surface area (Å²) < 4.78 is 0. The monoisotopic (exact) mass is 429 g/mol. The van der Waals surface area contributed by atoms with E-state index in [0.717, 1.165) is 67.2 Å². The number of ketones is 1. The lowest BCUT2D eigenvalue weighted by molar-refractivity contribution is -0.145. The van der Waals surface area contributed by atoms with E-state index in [2.05, 4.69) is 39.6 Å². The minimum Gasteiger partial charge on any atom is -0.393 e. The normalized spacial score (nSPS) is 54.1. The summed E-state index contributed by atoms with van der Waals surface area (Å²) in [5.41, 5.74) is 0.150. The van der Waals surface area contributed by atoms with E-state index < -0.39 is 0 Å². The van der Waals surface area contributed by atoms with Crippen molar-refractivity contribution in [3.8, 4) is 0 Å². The van der Waals surface area contributed by atoms with Crippen molar-refractivity contribution in [3.63, 3.8) is 0 Å². The number of hydrogen-bond acceptors (Lipinski definition) is 3. The Hall–Kier alpha value is -0.410. The number of fused-ring (bicyclic) bond motifs is 5. The average molecular weight is 430 g/mol. The molecule has 0 aromatic rings. The standard InChI is InChI=1S/C28H47NO2/c1-16-6-9-26(29(5)15-16)18(3)20-7-8-21-22(17(20)2)13-24-23(21)14-27(31)25-12-19(30)10-11-28(24,25)4/h16-26,30H,6-15H2,1-5H3. The van der Waals surface area contributed by atoms with Gasteiger partial charge in [0.2, 0.25) is 0 Å². The SMILES string of the molecule is CC1CCC(C(C)C2CCC3C(CC4C3CC(=O)C3CC(O)CCC34C)C2C)N(C)C1. The first-order valence-corrected chi connectivity index (χ1v) is 13.6. The Morgan fingerprint density at radius 2 is 1.81 bits per heavy atom. The molecule has 1 N–H and O–H groups in total. The smallest absolute Gasteiger partial charge is 0.136 e. The highest BCUT2D eigenvalue weighted by Gasteiger charge is 2.61.